The molecule has 3 fully saturated rings. The average molecular weight is 264 g/mol. The number of carbonyl (C=O) groups is 1. The molecule has 1 saturated heterocycles. The third-order valence-corrected chi connectivity index (χ3v) is 6.49. The van der Waals surface area contributed by atoms with Crippen molar-refractivity contribution >= 4 is 5.91 Å². The Labute approximate surface area is 116 Å². The van der Waals surface area contributed by atoms with Gasteiger partial charge < -0.3 is 10.6 Å². The molecule has 2 aliphatic carbocycles. The van der Waals surface area contributed by atoms with Gasteiger partial charge >= 0.3 is 0 Å². The van der Waals surface area contributed by atoms with Crippen LogP contribution in [-0.2, 0) is 4.79 Å². The zero-order valence-corrected chi connectivity index (χ0v) is 12.6. The topological polar surface area (TPSA) is 46.3 Å². The first-order chi connectivity index (χ1) is 8.91. The Morgan fingerprint density at radius 1 is 1.21 bits per heavy atom. The molecular formula is C16H28N2O. The third-order valence-electron chi connectivity index (χ3n) is 6.49. The Balaban J connectivity index is 1.76. The van der Waals surface area contributed by atoms with Gasteiger partial charge in [0.15, 0.2) is 0 Å². The van der Waals surface area contributed by atoms with Gasteiger partial charge in [0.2, 0.25) is 5.91 Å². The second-order valence-electron chi connectivity index (χ2n) is 7.73. The molecule has 3 heteroatoms. The van der Waals surface area contributed by atoms with Crippen molar-refractivity contribution in [3.05, 3.63) is 0 Å². The maximum Gasteiger partial charge on any atom is 0.226 e. The van der Waals surface area contributed by atoms with E-state index in [9.17, 15) is 4.79 Å². The maximum absolute atomic E-state index is 12.9. The Bertz CT molecular complexity index is 379. The van der Waals surface area contributed by atoms with Crippen LogP contribution in [-0.4, -0.2) is 29.4 Å². The predicted molar refractivity (Wildman–Crippen MR) is 76.5 cm³/mol. The number of hydrogen-bond donors (Lipinski definition) is 1. The number of amides is 1. The predicted octanol–water partition coefficient (Wildman–Crippen LogP) is 2.40. The minimum Gasteiger partial charge on any atom is -0.339 e. The van der Waals surface area contributed by atoms with Crippen LogP contribution in [0.1, 0.15) is 52.9 Å². The van der Waals surface area contributed by atoms with Crippen LogP contribution >= 0.6 is 0 Å². The van der Waals surface area contributed by atoms with E-state index in [0.29, 0.717) is 17.9 Å². The van der Waals surface area contributed by atoms with Gasteiger partial charge in [-0.3, -0.25) is 4.79 Å². The van der Waals surface area contributed by atoms with E-state index in [0.717, 1.165) is 25.3 Å². The van der Waals surface area contributed by atoms with Gasteiger partial charge in [0.25, 0.3) is 0 Å². The zero-order chi connectivity index (χ0) is 13.8. The van der Waals surface area contributed by atoms with E-state index in [1.54, 1.807) is 0 Å². The van der Waals surface area contributed by atoms with Gasteiger partial charge in [-0.05, 0) is 49.4 Å². The van der Waals surface area contributed by atoms with Crippen molar-refractivity contribution in [2.75, 3.05) is 6.54 Å². The highest BCUT2D eigenvalue weighted by atomic mass is 16.2. The fraction of sp³-hybridized carbons (Fsp3) is 0.938. The lowest BCUT2D eigenvalue weighted by atomic mass is 9.60. The number of nitrogens with two attached hydrogens (primary N) is 1. The molecule has 3 nitrogen and oxygen atoms in total. The van der Waals surface area contributed by atoms with Crippen LogP contribution in [0.5, 0.6) is 0 Å². The Morgan fingerprint density at radius 2 is 1.95 bits per heavy atom. The molecule has 0 aromatic heterocycles. The van der Waals surface area contributed by atoms with Gasteiger partial charge in [-0.15, -0.1) is 0 Å². The summed E-state index contributed by atoms with van der Waals surface area (Å²) in [5, 5.41) is 0. The normalized spacial score (nSPS) is 44.6. The van der Waals surface area contributed by atoms with Crippen LogP contribution in [0.2, 0.25) is 0 Å². The molecule has 108 valence electrons. The van der Waals surface area contributed by atoms with E-state index < -0.39 is 0 Å². The summed E-state index contributed by atoms with van der Waals surface area (Å²) in [6.07, 6.45) is 5.81. The average Bonchev–Trinajstić information content (AvgIpc) is 2.97. The Morgan fingerprint density at radius 3 is 2.53 bits per heavy atom. The lowest BCUT2D eigenvalue weighted by molar-refractivity contribution is -0.145. The van der Waals surface area contributed by atoms with Gasteiger partial charge in [-0.2, -0.15) is 0 Å². The minimum absolute atomic E-state index is 0.0383. The molecule has 3 rings (SSSR count). The summed E-state index contributed by atoms with van der Waals surface area (Å²) in [6, 6.07) is 0.813. The number of rotatable bonds is 1. The van der Waals surface area contributed by atoms with E-state index in [1.165, 1.54) is 19.3 Å². The first-order valence-corrected chi connectivity index (χ1v) is 7.97. The molecule has 0 aromatic rings. The molecule has 5 atom stereocenters. The van der Waals surface area contributed by atoms with Gasteiger partial charge in [0.05, 0.1) is 0 Å². The fourth-order valence-electron chi connectivity index (χ4n) is 4.69. The molecule has 1 aliphatic heterocycles. The molecule has 2 bridgehead atoms. The molecular weight excluding hydrogens is 236 g/mol. The lowest BCUT2D eigenvalue weighted by Crippen LogP contribution is -2.53. The maximum atomic E-state index is 12.9. The first-order valence-electron chi connectivity index (χ1n) is 7.97. The molecule has 2 saturated carbocycles. The summed E-state index contributed by atoms with van der Waals surface area (Å²) < 4.78 is 0. The molecule has 19 heavy (non-hydrogen) atoms. The summed E-state index contributed by atoms with van der Waals surface area (Å²) in [6.45, 7) is 7.73. The molecule has 0 aromatic carbocycles. The smallest absolute Gasteiger partial charge is 0.226 e. The van der Waals surface area contributed by atoms with Gasteiger partial charge in [-0.1, -0.05) is 20.8 Å². The molecule has 1 amide bonds. The number of hydrogen-bond acceptors (Lipinski definition) is 2. The van der Waals surface area contributed by atoms with Crippen LogP contribution in [0.3, 0.4) is 0 Å². The zero-order valence-electron chi connectivity index (χ0n) is 12.6. The van der Waals surface area contributed by atoms with E-state index in [1.807, 2.05) is 0 Å². The first kappa shape index (κ1) is 13.4. The summed E-state index contributed by atoms with van der Waals surface area (Å²) in [5.41, 5.74) is 6.24. The SMILES string of the molecule is CC1C(N)CCC(C(=O)N2CC3CCC2C3)C1(C)C. The highest BCUT2D eigenvalue weighted by Crippen LogP contribution is 2.47. The fourth-order valence-corrected chi connectivity index (χ4v) is 4.69. The molecule has 1 heterocycles. The van der Waals surface area contributed by atoms with E-state index in [2.05, 4.69) is 25.7 Å². The van der Waals surface area contributed by atoms with Crippen molar-refractivity contribution in [1.29, 1.82) is 0 Å². The third kappa shape index (κ3) is 2.01. The summed E-state index contributed by atoms with van der Waals surface area (Å²) in [4.78, 5) is 15.2. The van der Waals surface area contributed by atoms with Crippen molar-refractivity contribution < 1.29 is 4.79 Å². The highest BCUT2D eigenvalue weighted by Gasteiger charge is 2.49. The summed E-state index contributed by atoms with van der Waals surface area (Å²) in [5.74, 6) is 1.83. The molecule has 5 unspecified atom stereocenters. The van der Waals surface area contributed by atoms with Crippen LogP contribution in [0.25, 0.3) is 0 Å². The van der Waals surface area contributed by atoms with Gasteiger partial charge in [0, 0.05) is 24.5 Å². The molecule has 3 aliphatic rings. The van der Waals surface area contributed by atoms with E-state index in [4.69, 9.17) is 5.73 Å². The van der Waals surface area contributed by atoms with Crippen LogP contribution in [0.4, 0.5) is 0 Å². The van der Waals surface area contributed by atoms with Crippen molar-refractivity contribution in [1.82, 2.24) is 4.90 Å². The monoisotopic (exact) mass is 264 g/mol. The molecule has 0 spiro atoms. The highest BCUT2D eigenvalue weighted by molar-refractivity contribution is 5.80. The van der Waals surface area contributed by atoms with Crippen LogP contribution in [0.15, 0.2) is 0 Å². The Kier molecular flexibility index (Phi) is 3.16. The van der Waals surface area contributed by atoms with Crippen molar-refractivity contribution in [3.8, 4) is 0 Å². The van der Waals surface area contributed by atoms with Crippen LogP contribution in [0, 0.1) is 23.2 Å². The quantitative estimate of drug-likeness (QED) is 0.790. The Hall–Kier alpha value is -0.570. The summed E-state index contributed by atoms with van der Waals surface area (Å²) >= 11 is 0. The van der Waals surface area contributed by atoms with E-state index >= 15 is 0 Å². The van der Waals surface area contributed by atoms with Crippen molar-refractivity contribution in [3.63, 3.8) is 0 Å². The summed E-state index contributed by atoms with van der Waals surface area (Å²) in [7, 11) is 0. The number of likely N-dealkylation sites (tertiary alicyclic amines) is 1. The van der Waals surface area contributed by atoms with Crippen LogP contribution < -0.4 is 5.73 Å². The lowest BCUT2D eigenvalue weighted by Gasteiger charge is -2.47. The minimum atomic E-state index is 0.0383. The standard InChI is InChI=1S/C16H28N2O/c1-10-14(17)7-6-13(16(10,2)3)15(19)18-9-11-4-5-12(18)8-11/h10-14H,4-9,17H2,1-3H3. The van der Waals surface area contributed by atoms with Crippen molar-refractivity contribution in [2.45, 2.75) is 65.0 Å². The molecule has 0 radical (unpaired) electrons. The largest absolute Gasteiger partial charge is 0.339 e. The van der Waals surface area contributed by atoms with E-state index in [-0.39, 0.29) is 17.4 Å². The molecule has 2 N–H and O–H groups in total. The number of piperidine rings is 1. The van der Waals surface area contributed by atoms with Gasteiger partial charge in [0.1, 0.15) is 0 Å². The second kappa shape index (κ2) is 4.47. The van der Waals surface area contributed by atoms with Crippen molar-refractivity contribution in [2.24, 2.45) is 28.9 Å². The number of carbonyl (C=O) groups excluding carboxylic acids is 1. The van der Waals surface area contributed by atoms with Gasteiger partial charge in [-0.25, -0.2) is 0 Å². The number of fused-ring (bicyclic) bond motifs is 2. The number of nitrogens with zero attached hydrogens (tertiary/aromatic N) is 1. The second-order valence-corrected chi connectivity index (χ2v) is 7.73.